The fraction of sp³-hybridized carbons (Fsp3) is 0.739. The Morgan fingerprint density at radius 2 is 1.81 bits per heavy atom. The molecule has 0 aromatic carbocycles. The predicted octanol–water partition coefficient (Wildman–Crippen LogP) is 4.45. The maximum Gasteiger partial charge on any atom is 0.321 e. The number of halogens is 1. The summed E-state index contributed by atoms with van der Waals surface area (Å²) in [7, 11) is -3.56. The monoisotopic (exact) mass is 487 g/mol. The minimum atomic E-state index is -3.56. The summed E-state index contributed by atoms with van der Waals surface area (Å²) in [5.74, 6) is -0.0365. The molecule has 1 aliphatic heterocycles. The Kier molecular flexibility index (Phi) is 11.2. The lowest BCUT2D eigenvalue weighted by Crippen LogP contribution is -2.45. The Hall–Kier alpha value is -1.38. The van der Waals surface area contributed by atoms with E-state index in [-0.39, 0.29) is 12.4 Å². The first-order valence-corrected chi connectivity index (χ1v) is 13.5. The lowest BCUT2D eigenvalue weighted by molar-refractivity contribution is -0.139. The average Bonchev–Trinajstić information content (AvgIpc) is 2.78. The molecule has 2 aliphatic rings. The molecule has 182 valence electrons. The molecule has 7 nitrogen and oxygen atoms in total. The van der Waals surface area contributed by atoms with Gasteiger partial charge in [-0.25, -0.2) is 18.1 Å². The van der Waals surface area contributed by atoms with Crippen molar-refractivity contribution < 1.29 is 18.3 Å². The Morgan fingerprint density at radius 1 is 1.09 bits per heavy atom. The normalized spacial score (nSPS) is 17.6. The molecule has 1 aromatic rings. The molecule has 0 saturated heterocycles. The third-order valence-corrected chi connectivity index (χ3v) is 8.44. The quantitative estimate of drug-likeness (QED) is 0.376. The molecular weight excluding hydrogens is 450 g/mol. The van der Waals surface area contributed by atoms with Gasteiger partial charge in [-0.1, -0.05) is 51.0 Å². The van der Waals surface area contributed by atoms with E-state index in [4.69, 9.17) is 4.98 Å². The number of nitrogens with zero attached hydrogens (tertiary/aromatic N) is 1. The highest BCUT2D eigenvalue weighted by atomic mass is 35.5. The van der Waals surface area contributed by atoms with E-state index in [2.05, 4.69) is 22.2 Å². The molecule has 1 saturated carbocycles. The van der Waals surface area contributed by atoms with E-state index in [1.165, 1.54) is 12.0 Å². The maximum absolute atomic E-state index is 12.5. The first-order chi connectivity index (χ1) is 15.0. The third-order valence-electron chi connectivity index (χ3n) is 6.47. The van der Waals surface area contributed by atoms with Gasteiger partial charge in [0.15, 0.2) is 0 Å². The van der Waals surface area contributed by atoms with Gasteiger partial charge in [0.05, 0.1) is 5.25 Å². The molecule has 1 atom stereocenters. The molecule has 1 aliphatic carbocycles. The topological polar surface area (TPSA) is 108 Å². The number of pyridine rings is 1. The standard InChI is InChI=1S/C23H37N3O4S.ClH/c27-23(28)21(26-31(29,30)20-12-6-4-7-13-20)14-8-3-1-2-5-11-19-16-15-18-10-9-17-24-22(18)25-19;/h15-16,20-21,26H,1-14,17H2,(H,24,25)(H,27,28);1H/t21-;/m0./s1. The van der Waals surface area contributed by atoms with E-state index in [1.807, 2.05) is 0 Å². The van der Waals surface area contributed by atoms with E-state index in [1.54, 1.807) is 0 Å². The molecule has 9 heteroatoms. The van der Waals surface area contributed by atoms with Gasteiger partial charge >= 0.3 is 5.97 Å². The SMILES string of the molecule is Cl.O=C(O)[C@H](CCCCCCCc1ccc2c(n1)NCCC2)NS(=O)(=O)C1CCCCC1. The number of carbonyl (C=O) groups is 1. The summed E-state index contributed by atoms with van der Waals surface area (Å²) < 4.78 is 27.5. The first-order valence-electron chi connectivity index (χ1n) is 11.9. The fourth-order valence-corrected chi connectivity index (χ4v) is 6.36. The second kappa shape index (κ2) is 13.4. The summed E-state index contributed by atoms with van der Waals surface area (Å²) in [5.41, 5.74) is 2.43. The van der Waals surface area contributed by atoms with E-state index in [0.29, 0.717) is 25.7 Å². The van der Waals surface area contributed by atoms with Gasteiger partial charge in [0.1, 0.15) is 11.9 Å². The highest BCUT2D eigenvalue weighted by Crippen LogP contribution is 2.24. The van der Waals surface area contributed by atoms with Crippen molar-refractivity contribution >= 4 is 34.2 Å². The van der Waals surface area contributed by atoms with Crippen LogP contribution in [0, 0.1) is 0 Å². The number of sulfonamides is 1. The van der Waals surface area contributed by atoms with Crippen LogP contribution in [0.2, 0.25) is 0 Å². The Bertz CT molecular complexity index is 829. The van der Waals surface area contributed by atoms with E-state index < -0.39 is 27.3 Å². The maximum atomic E-state index is 12.5. The molecular formula is C23H38ClN3O4S. The molecule has 32 heavy (non-hydrogen) atoms. The molecule has 0 radical (unpaired) electrons. The van der Waals surface area contributed by atoms with Crippen molar-refractivity contribution in [1.29, 1.82) is 0 Å². The van der Waals surface area contributed by atoms with Gasteiger partial charge in [-0.2, -0.15) is 0 Å². The molecule has 3 N–H and O–H groups in total. The zero-order valence-electron chi connectivity index (χ0n) is 18.9. The van der Waals surface area contributed by atoms with Crippen LogP contribution in [0.5, 0.6) is 0 Å². The zero-order valence-corrected chi connectivity index (χ0v) is 20.5. The van der Waals surface area contributed by atoms with Gasteiger partial charge in [-0.05, 0) is 56.6 Å². The molecule has 2 heterocycles. The lowest BCUT2D eigenvalue weighted by Gasteiger charge is -2.24. The molecule has 0 unspecified atom stereocenters. The summed E-state index contributed by atoms with van der Waals surface area (Å²) in [6.07, 6.45) is 12.5. The van der Waals surface area contributed by atoms with E-state index in [0.717, 1.165) is 75.8 Å². The van der Waals surface area contributed by atoms with Crippen molar-refractivity contribution in [2.45, 2.75) is 101 Å². The van der Waals surface area contributed by atoms with Crippen LogP contribution in [0.4, 0.5) is 5.82 Å². The van der Waals surface area contributed by atoms with Crippen molar-refractivity contribution in [3.05, 3.63) is 23.4 Å². The van der Waals surface area contributed by atoms with Crippen LogP contribution >= 0.6 is 12.4 Å². The van der Waals surface area contributed by atoms with Crippen LogP contribution in [-0.4, -0.2) is 42.3 Å². The van der Waals surface area contributed by atoms with Crippen LogP contribution in [-0.2, 0) is 27.7 Å². The number of unbranched alkanes of at least 4 members (excludes halogenated alkanes) is 4. The van der Waals surface area contributed by atoms with Crippen molar-refractivity contribution in [1.82, 2.24) is 9.71 Å². The van der Waals surface area contributed by atoms with Gasteiger partial charge in [0.25, 0.3) is 0 Å². The largest absolute Gasteiger partial charge is 0.480 e. The van der Waals surface area contributed by atoms with Gasteiger partial charge in [0, 0.05) is 12.2 Å². The highest BCUT2D eigenvalue weighted by molar-refractivity contribution is 7.90. The number of aliphatic carboxylic acids is 1. The summed E-state index contributed by atoms with van der Waals surface area (Å²) in [4.78, 5) is 16.3. The van der Waals surface area contributed by atoms with Crippen molar-refractivity contribution in [3.8, 4) is 0 Å². The number of carboxylic acid groups (broad SMARTS) is 1. The molecule has 1 aromatic heterocycles. The molecule has 1 fully saturated rings. The Morgan fingerprint density at radius 3 is 2.56 bits per heavy atom. The predicted molar refractivity (Wildman–Crippen MR) is 130 cm³/mol. The molecule has 3 rings (SSSR count). The Labute approximate surface area is 198 Å². The van der Waals surface area contributed by atoms with Gasteiger partial charge < -0.3 is 10.4 Å². The number of aryl methyl sites for hydroxylation is 2. The van der Waals surface area contributed by atoms with Crippen LogP contribution < -0.4 is 10.0 Å². The number of carboxylic acids is 1. The number of rotatable bonds is 12. The van der Waals surface area contributed by atoms with Gasteiger partial charge in [0.2, 0.25) is 10.0 Å². The second-order valence-corrected chi connectivity index (χ2v) is 11.0. The van der Waals surface area contributed by atoms with Gasteiger partial charge in [-0.3, -0.25) is 4.79 Å². The molecule has 0 amide bonds. The van der Waals surface area contributed by atoms with Crippen molar-refractivity contribution in [2.24, 2.45) is 0 Å². The summed E-state index contributed by atoms with van der Waals surface area (Å²) in [5, 5.41) is 12.4. The smallest absolute Gasteiger partial charge is 0.321 e. The lowest BCUT2D eigenvalue weighted by atomic mass is 10.0. The summed E-state index contributed by atoms with van der Waals surface area (Å²) >= 11 is 0. The van der Waals surface area contributed by atoms with Crippen molar-refractivity contribution in [3.63, 3.8) is 0 Å². The van der Waals surface area contributed by atoms with Crippen LogP contribution in [0.15, 0.2) is 12.1 Å². The number of hydrogen-bond acceptors (Lipinski definition) is 5. The minimum Gasteiger partial charge on any atom is -0.480 e. The fourth-order valence-electron chi connectivity index (χ4n) is 4.60. The number of anilines is 1. The molecule has 0 bridgehead atoms. The summed E-state index contributed by atoms with van der Waals surface area (Å²) in [6.45, 7) is 0.998. The Balaban J connectivity index is 0.00000363. The third kappa shape index (κ3) is 8.19. The van der Waals surface area contributed by atoms with Crippen LogP contribution in [0.1, 0.15) is 88.3 Å². The first kappa shape index (κ1) is 26.9. The zero-order chi connectivity index (χ0) is 22.1. The van der Waals surface area contributed by atoms with E-state index >= 15 is 0 Å². The number of fused-ring (bicyclic) bond motifs is 1. The second-order valence-electron chi connectivity index (χ2n) is 8.96. The number of aromatic nitrogens is 1. The number of hydrogen-bond donors (Lipinski definition) is 3. The number of nitrogens with one attached hydrogen (secondary N) is 2. The van der Waals surface area contributed by atoms with Crippen LogP contribution in [0.3, 0.4) is 0 Å². The van der Waals surface area contributed by atoms with Gasteiger partial charge in [-0.15, -0.1) is 12.4 Å². The average molecular weight is 488 g/mol. The molecule has 0 spiro atoms. The minimum absolute atomic E-state index is 0. The van der Waals surface area contributed by atoms with Crippen molar-refractivity contribution in [2.75, 3.05) is 11.9 Å². The van der Waals surface area contributed by atoms with Crippen LogP contribution in [0.25, 0.3) is 0 Å². The highest BCUT2D eigenvalue weighted by Gasteiger charge is 2.31. The van der Waals surface area contributed by atoms with E-state index in [9.17, 15) is 18.3 Å². The summed E-state index contributed by atoms with van der Waals surface area (Å²) in [6, 6.07) is 3.30.